The molecule has 1 unspecified atom stereocenters. The topological polar surface area (TPSA) is 79.9 Å². The molecule has 7 nitrogen and oxygen atoms in total. The number of likely N-dealkylation sites (tertiary alicyclic amines) is 1. The number of nitrogens with zero attached hydrogens (tertiary/aromatic N) is 1. The van der Waals surface area contributed by atoms with E-state index in [0.29, 0.717) is 31.7 Å². The summed E-state index contributed by atoms with van der Waals surface area (Å²) in [5, 5.41) is 5.33. The van der Waals surface area contributed by atoms with E-state index >= 15 is 0 Å². The minimum absolute atomic E-state index is 0.151. The molecule has 1 aromatic rings. The highest BCUT2D eigenvalue weighted by atomic mass is 19.4. The van der Waals surface area contributed by atoms with Crippen molar-refractivity contribution in [2.45, 2.75) is 51.1 Å². The summed E-state index contributed by atoms with van der Waals surface area (Å²) in [5.41, 5.74) is -1.06. The first kappa shape index (κ1) is 25.5. The van der Waals surface area contributed by atoms with Gasteiger partial charge in [0, 0.05) is 44.5 Å². The maximum atomic E-state index is 12.9. The summed E-state index contributed by atoms with van der Waals surface area (Å²) in [7, 11) is 0. The number of hydrogen-bond donors (Lipinski definition) is 2. The van der Waals surface area contributed by atoms with E-state index < -0.39 is 23.6 Å². The van der Waals surface area contributed by atoms with Crippen LogP contribution < -0.4 is 10.6 Å². The summed E-state index contributed by atoms with van der Waals surface area (Å²) >= 11 is 0. The van der Waals surface area contributed by atoms with Gasteiger partial charge in [0.25, 0.3) is 5.91 Å². The molecule has 2 N–H and O–H groups in total. The minimum atomic E-state index is -4.54. The van der Waals surface area contributed by atoms with Crippen LogP contribution in [0.1, 0.15) is 42.6 Å². The van der Waals surface area contributed by atoms with Crippen molar-refractivity contribution in [3.8, 4) is 0 Å². The SMILES string of the molecule is CC(C)COC1CN(C2CCOCC2)C[C@H]1NC(=O)CNC(=O)c1cccc(C(F)(F)F)c1. The molecule has 1 aromatic carbocycles. The lowest BCUT2D eigenvalue weighted by Crippen LogP contribution is -2.48. The highest BCUT2D eigenvalue weighted by Crippen LogP contribution is 2.29. The van der Waals surface area contributed by atoms with Crippen LogP contribution in [0.5, 0.6) is 0 Å². The molecule has 2 heterocycles. The number of amides is 2. The number of halogens is 3. The van der Waals surface area contributed by atoms with E-state index in [1.54, 1.807) is 0 Å². The fourth-order valence-corrected chi connectivity index (χ4v) is 4.13. The second-order valence-electron chi connectivity index (χ2n) is 9.00. The molecule has 184 valence electrons. The Kier molecular flexibility index (Phi) is 8.72. The zero-order valence-electron chi connectivity index (χ0n) is 19.0. The van der Waals surface area contributed by atoms with Gasteiger partial charge in [-0.2, -0.15) is 13.2 Å². The van der Waals surface area contributed by atoms with Gasteiger partial charge in [-0.05, 0) is 37.0 Å². The summed E-state index contributed by atoms with van der Waals surface area (Å²) < 4.78 is 50.1. The largest absolute Gasteiger partial charge is 0.416 e. The molecule has 2 aliphatic heterocycles. The lowest BCUT2D eigenvalue weighted by Gasteiger charge is -2.30. The molecule has 0 saturated carbocycles. The normalized spacial score (nSPS) is 22.5. The van der Waals surface area contributed by atoms with Gasteiger partial charge in [0.15, 0.2) is 0 Å². The first-order chi connectivity index (χ1) is 15.6. The molecule has 2 fully saturated rings. The van der Waals surface area contributed by atoms with Crippen molar-refractivity contribution in [2.75, 3.05) is 39.5 Å². The third-order valence-electron chi connectivity index (χ3n) is 5.85. The molecule has 2 aliphatic rings. The van der Waals surface area contributed by atoms with E-state index in [9.17, 15) is 22.8 Å². The van der Waals surface area contributed by atoms with Gasteiger partial charge in [-0.1, -0.05) is 19.9 Å². The van der Waals surface area contributed by atoms with E-state index in [-0.39, 0.29) is 24.3 Å². The Morgan fingerprint density at radius 1 is 1.21 bits per heavy atom. The van der Waals surface area contributed by atoms with Crippen LogP contribution in [0.15, 0.2) is 24.3 Å². The highest BCUT2D eigenvalue weighted by Gasteiger charge is 2.38. The lowest BCUT2D eigenvalue weighted by molar-refractivity contribution is -0.137. The van der Waals surface area contributed by atoms with E-state index in [1.807, 2.05) is 0 Å². The van der Waals surface area contributed by atoms with Crippen LogP contribution in [0.4, 0.5) is 13.2 Å². The van der Waals surface area contributed by atoms with Gasteiger partial charge in [0.1, 0.15) is 0 Å². The third-order valence-corrected chi connectivity index (χ3v) is 5.85. The Morgan fingerprint density at radius 3 is 2.61 bits per heavy atom. The molecule has 33 heavy (non-hydrogen) atoms. The molecule has 2 saturated heterocycles. The molecular formula is C23H32F3N3O4. The average molecular weight is 472 g/mol. The Labute approximate surface area is 192 Å². The van der Waals surface area contributed by atoms with E-state index in [4.69, 9.17) is 9.47 Å². The fraction of sp³-hybridized carbons (Fsp3) is 0.652. The predicted octanol–water partition coefficient (Wildman–Crippen LogP) is 2.46. The van der Waals surface area contributed by atoms with E-state index in [0.717, 1.165) is 44.3 Å². The van der Waals surface area contributed by atoms with Gasteiger partial charge < -0.3 is 20.1 Å². The van der Waals surface area contributed by atoms with Gasteiger partial charge in [0.2, 0.25) is 5.91 Å². The minimum Gasteiger partial charge on any atom is -0.381 e. The summed E-state index contributed by atoms with van der Waals surface area (Å²) in [4.78, 5) is 27.1. The number of carbonyl (C=O) groups is 2. The number of hydrogen-bond acceptors (Lipinski definition) is 5. The second kappa shape index (κ2) is 11.3. The van der Waals surface area contributed by atoms with Crippen LogP contribution in [-0.4, -0.2) is 74.4 Å². The van der Waals surface area contributed by atoms with Crippen molar-refractivity contribution in [2.24, 2.45) is 5.92 Å². The first-order valence-corrected chi connectivity index (χ1v) is 11.3. The molecule has 0 radical (unpaired) electrons. The molecule has 0 bridgehead atoms. The van der Waals surface area contributed by atoms with Crippen molar-refractivity contribution in [1.29, 1.82) is 0 Å². The van der Waals surface area contributed by atoms with Crippen LogP contribution in [-0.2, 0) is 20.4 Å². The zero-order valence-corrected chi connectivity index (χ0v) is 19.0. The number of benzene rings is 1. The standard InChI is InChI=1S/C23H32F3N3O4/c1-15(2)14-33-20-13-29(18-6-8-32-9-7-18)12-19(20)28-21(30)11-27-22(31)16-4-3-5-17(10-16)23(24,25)26/h3-5,10,15,18-20H,6-9,11-14H2,1-2H3,(H,27,31)(H,28,30)/t19-,20?/m1/s1. The van der Waals surface area contributed by atoms with E-state index in [1.165, 1.54) is 6.07 Å². The number of rotatable bonds is 8. The van der Waals surface area contributed by atoms with Gasteiger partial charge >= 0.3 is 6.18 Å². The summed E-state index contributed by atoms with van der Waals surface area (Å²) in [5.74, 6) is -0.795. The molecule has 0 spiro atoms. The Morgan fingerprint density at radius 2 is 1.94 bits per heavy atom. The van der Waals surface area contributed by atoms with Crippen molar-refractivity contribution in [3.05, 3.63) is 35.4 Å². The van der Waals surface area contributed by atoms with Crippen LogP contribution >= 0.6 is 0 Å². The summed E-state index contributed by atoms with van der Waals surface area (Å²) in [6, 6.07) is 4.26. The molecule has 3 rings (SSSR count). The molecule has 0 aliphatic carbocycles. The number of nitrogens with one attached hydrogen (secondary N) is 2. The number of alkyl halides is 3. The van der Waals surface area contributed by atoms with Crippen molar-refractivity contribution in [3.63, 3.8) is 0 Å². The molecule has 0 aromatic heterocycles. The number of carbonyl (C=O) groups excluding carboxylic acids is 2. The summed E-state index contributed by atoms with van der Waals surface area (Å²) in [6.45, 7) is 7.14. The van der Waals surface area contributed by atoms with Gasteiger partial charge in [-0.25, -0.2) is 0 Å². The predicted molar refractivity (Wildman–Crippen MR) is 116 cm³/mol. The number of ether oxygens (including phenoxy) is 2. The maximum Gasteiger partial charge on any atom is 0.416 e. The maximum absolute atomic E-state index is 12.9. The summed E-state index contributed by atoms with van der Waals surface area (Å²) in [6.07, 6.45) is -2.84. The van der Waals surface area contributed by atoms with Crippen LogP contribution in [0.25, 0.3) is 0 Å². The Bertz CT molecular complexity index is 812. The molecule has 2 atom stereocenters. The fourth-order valence-electron chi connectivity index (χ4n) is 4.13. The van der Waals surface area contributed by atoms with Gasteiger partial charge in [-0.15, -0.1) is 0 Å². The van der Waals surface area contributed by atoms with Crippen LogP contribution in [0, 0.1) is 5.92 Å². The van der Waals surface area contributed by atoms with Crippen molar-refractivity contribution >= 4 is 11.8 Å². The Hall–Kier alpha value is -2.17. The molecule has 2 amide bonds. The van der Waals surface area contributed by atoms with Crippen molar-refractivity contribution in [1.82, 2.24) is 15.5 Å². The second-order valence-corrected chi connectivity index (χ2v) is 9.00. The van der Waals surface area contributed by atoms with E-state index in [2.05, 4.69) is 29.4 Å². The monoisotopic (exact) mass is 471 g/mol. The highest BCUT2D eigenvalue weighted by molar-refractivity contribution is 5.96. The van der Waals surface area contributed by atoms with Crippen LogP contribution in [0.2, 0.25) is 0 Å². The quantitative estimate of drug-likeness (QED) is 0.609. The third kappa shape index (κ3) is 7.41. The molecule has 10 heteroatoms. The first-order valence-electron chi connectivity index (χ1n) is 11.3. The average Bonchev–Trinajstić information content (AvgIpc) is 3.18. The molecular weight excluding hydrogens is 439 g/mol. The Balaban J connectivity index is 1.55. The van der Waals surface area contributed by atoms with Crippen molar-refractivity contribution < 1.29 is 32.2 Å². The van der Waals surface area contributed by atoms with Gasteiger partial charge in [-0.3, -0.25) is 14.5 Å². The smallest absolute Gasteiger partial charge is 0.381 e. The van der Waals surface area contributed by atoms with Crippen LogP contribution in [0.3, 0.4) is 0 Å². The van der Waals surface area contributed by atoms with Gasteiger partial charge in [0.05, 0.1) is 24.3 Å². The zero-order chi connectivity index (χ0) is 24.0. The lowest BCUT2D eigenvalue weighted by atomic mass is 10.1.